The highest BCUT2D eigenvalue weighted by molar-refractivity contribution is 5.56. The van der Waals surface area contributed by atoms with Gasteiger partial charge in [0.05, 0.1) is 33.4 Å². The van der Waals surface area contributed by atoms with Gasteiger partial charge in [0.1, 0.15) is 30.5 Å². The summed E-state index contributed by atoms with van der Waals surface area (Å²) in [5, 5.41) is 59.5. The lowest BCUT2D eigenvalue weighted by molar-refractivity contribution is -0.302. The molecule has 37 heavy (non-hydrogen) atoms. The van der Waals surface area contributed by atoms with Crippen LogP contribution in [-0.2, 0) is 15.9 Å². The van der Waals surface area contributed by atoms with E-state index in [0.29, 0.717) is 29.9 Å². The Balaban J connectivity index is 1.68. The van der Waals surface area contributed by atoms with Crippen LogP contribution in [0, 0.1) is 0 Å². The summed E-state index contributed by atoms with van der Waals surface area (Å²) >= 11 is 0. The van der Waals surface area contributed by atoms with Gasteiger partial charge in [0.25, 0.3) is 0 Å². The number of hydrogen-bond acceptors (Lipinski definition) is 11. The third kappa shape index (κ3) is 5.48. The Morgan fingerprint density at radius 1 is 0.919 bits per heavy atom. The minimum atomic E-state index is -1.56. The van der Waals surface area contributed by atoms with Gasteiger partial charge in [0.2, 0.25) is 0 Å². The molecule has 4 rings (SSSR count). The summed E-state index contributed by atoms with van der Waals surface area (Å²) in [6.45, 7) is -0.562. The number of phenolic OH excluding ortho intramolecular Hbond substituents is 1. The van der Waals surface area contributed by atoms with Crippen LogP contribution in [-0.4, -0.2) is 95.4 Å². The number of phenols is 1. The van der Waals surface area contributed by atoms with Gasteiger partial charge in [-0.3, -0.25) is 0 Å². The van der Waals surface area contributed by atoms with Crippen molar-refractivity contribution in [3.8, 4) is 23.0 Å². The maximum Gasteiger partial charge on any atom is 0.186 e. The molecule has 2 aromatic rings. The molecule has 2 aliphatic heterocycles. The van der Waals surface area contributed by atoms with E-state index in [1.165, 1.54) is 20.3 Å². The maximum absolute atomic E-state index is 10.4. The normalized spacial score (nSPS) is 29.0. The molecule has 0 aromatic heterocycles. The summed E-state index contributed by atoms with van der Waals surface area (Å²) in [6.07, 6.45) is -6.44. The van der Waals surface area contributed by atoms with Gasteiger partial charge in [-0.25, -0.2) is 0 Å². The van der Waals surface area contributed by atoms with Crippen LogP contribution in [0.5, 0.6) is 23.0 Å². The Morgan fingerprint density at radius 2 is 1.68 bits per heavy atom. The standard InChI is InChI=1S/C26H34O11/c1-33-18-10-14(5-6-17(18)29)24-16(12-35-26-23(32)22(31)21(30)20(11-28)36-26)15-8-13(4-3-7-27)9-19(34-2)25(15)37-24/h5-6,8-10,16,20-24,26-32H,3-4,7,11-12H2,1-2H3/t16-,20-,21-,22+,23-,24+,26-/m1/s1. The van der Waals surface area contributed by atoms with Crippen molar-refractivity contribution in [2.75, 3.05) is 34.0 Å². The smallest absolute Gasteiger partial charge is 0.186 e. The molecule has 7 atom stereocenters. The summed E-state index contributed by atoms with van der Waals surface area (Å²) in [6, 6.07) is 8.66. The van der Waals surface area contributed by atoms with Gasteiger partial charge < -0.3 is 54.3 Å². The van der Waals surface area contributed by atoms with Crippen molar-refractivity contribution in [1.29, 1.82) is 0 Å². The second-order valence-corrected chi connectivity index (χ2v) is 9.15. The Hall–Kier alpha value is -2.64. The summed E-state index contributed by atoms with van der Waals surface area (Å²) in [5.41, 5.74) is 2.39. The van der Waals surface area contributed by atoms with Crippen LogP contribution >= 0.6 is 0 Å². The molecule has 0 radical (unpaired) electrons. The quantitative estimate of drug-likeness (QED) is 0.255. The van der Waals surface area contributed by atoms with Crippen LogP contribution in [0.4, 0.5) is 0 Å². The molecule has 2 heterocycles. The van der Waals surface area contributed by atoms with Crippen LogP contribution < -0.4 is 14.2 Å². The van der Waals surface area contributed by atoms with Crippen molar-refractivity contribution in [2.45, 2.75) is 55.6 Å². The maximum atomic E-state index is 10.4. The minimum Gasteiger partial charge on any atom is -0.504 e. The van der Waals surface area contributed by atoms with Crippen LogP contribution in [0.3, 0.4) is 0 Å². The summed E-state index contributed by atoms with van der Waals surface area (Å²) in [5.74, 6) is 0.812. The van der Waals surface area contributed by atoms with Crippen LogP contribution in [0.25, 0.3) is 0 Å². The summed E-state index contributed by atoms with van der Waals surface area (Å²) < 4.78 is 28.6. The average molecular weight is 523 g/mol. The fourth-order valence-corrected chi connectivity index (χ4v) is 4.79. The fraction of sp³-hybridized carbons (Fsp3) is 0.538. The monoisotopic (exact) mass is 522 g/mol. The lowest BCUT2D eigenvalue weighted by Crippen LogP contribution is -2.59. The number of fused-ring (bicyclic) bond motifs is 1. The molecule has 0 unspecified atom stereocenters. The number of aliphatic hydroxyl groups is 5. The van der Waals surface area contributed by atoms with E-state index >= 15 is 0 Å². The van der Waals surface area contributed by atoms with E-state index in [0.717, 1.165) is 11.1 Å². The van der Waals surface area contributed by atoms with Crippen molar-refractivity contribution in [3.05, 3.63) is 47.0 Å². The van der Waals surface area contributed by atoms with Gasteiger partial charge in [-0.2, -0.15) is 0 Å². The zero-order chi connectivity index (χ0) is 26.7. The highest BCUT2D eigenvalue weighted by Crippen LogP contribution is 2.52. The fourth-order valence-electron chi connectivity index (χ4n) is 4.79. The first-order valence-electron chi connectivity index (χ1n) is 12.1. The Labute approximate surface area is 214 Å². The molecule has 11 nitrogen and oxygen atoms in total. The van der Waals surface area contributed by atoms with E-state index in [4.69, 9.17) is 23.7 Å². The van der Waals surface area contributed by atoms with Crippen molar-refractivity contribution in [2.24, 2.45) is 0 Å². The molecular weight excluding hydrogens is 488 g/mol. The number of aryl methyl sites for hydroxylation is 1. The summed E-state index contributed by atoms with van der Waals surface area (Å²) in [7, 11) is 2.98. The molecular formula is C26H34O11. The minimum absolute atomic E-state index is 0.0280. The van der Waals surface area contributed by atoms with Gasteiger partial charge in [-0.05, 0) is 42.2 Å². The van der Waals surface area contributed by atoms with Crippen molar-refractivity contribution < 1.29 is 54.3 Å². The third-order valence-electron chi connectivity index (χ3n) is 6.82. The predicted octanol–water partition coefficient (Wildman–Crippen LogP) is 0.368. The van der Waals surface area contributed by atoms with E-state index < -0.39 is 49.3 Å². The van der Waals surface area contributed by atoms with Gasteiger partial charge in [0, 0.05) is 12.2 Å². The van der Waals surface area contributed by atoms with Crippen molar-refractivity contribution in [1.82, 2.24) is 0 Å². The SMILES string of the molecule is COc1cc([C@@H]2Oc3c(OC)cc(CCCO)cc3[C@H]2CO[C@@H]2O[C@H](CO)[C@@H](O)[C@H](O)[C@H]2O)ccc1O. The molecule has 0 spiro atoms. The number of hydrogen-bond donors (Lipinski definition) is 6. The van der Waals surface area contributed by atoms with Gasteiger partial charge in [0.15, 0.2) is 29.3 Å². The molecule has 204 valence electrons. The molecule has 2 aromatic carbocycles. The van der Waals surface area contributed by atoms with E-state index in [1.807, 2.05) is 12.1 Å². The second kappa shape index (κ2) is 11.8. The first-order chi connectivity index (χ1) is 17.8. The predicted molar refractivity (Wildman–Crippen MR) is 129 cm³/mol. The second-order valence-electron chi connectivity index (χ2n) is 9.15. The molecule has 0 bridgehead atoms. The molecule has 0 amide bonds. The lowest BCUT2D eigenvalue weighted by atomic mass is 9.90. The first-order valence-corrected chi connectivity index (χ1v) is 12.1. The number of benzene rings is 2. The zero-order valence-electron chi connectivity index (χ0n) is 20.7. The Kier molecular flexibility index (Phi) is 8.75. The van der Waals surface area contributed by atoms with Gasteiger partial charge in [-0.15, -0.1) is 0 Å². The van der Waals surface area contributed by atoms with Crippen molar-refractivity contribution >= 4 is 0 Å². The largest absolute Gasteiger partial charge is 0.504 e. The Bertz CT molecular complexity index is 1060. The van der Waals surface area contributed by atoms with Crippen molar-refractivity contribution in [3.63, 3.8) is 0 Å². The topological polar surface area (TPSA) is 168 Å². The molecule has 1 saturated heterocycles. The van der Waals surface area contributed by atoms with E-state index in [-0.39, 0.29) is 24.7 Å². The number of ether oxygens (including phenoxy) is 5. The highest BCUT2D eigenvalue weighted by atomic mass is 16.7. The highest BCUT2D eigenvalue weighted by Gasteiger charge is 2.45. The average Bonchev–Trinajstić information content (AvgIpc) is 3.28. The molecule has 6 N–H and O–H groups in total. The molecule has 1 fully saturated rings. The van der Waals surface area contributed by atoms with Crippen LogP contribution in [0.15, 0.2) is 30.3 Å². The first kappa shape index (κ1) is 27.4. The van der Waals surface area contributed by atoms with E-state index in [2.05, 4.69) is 0 Å². The van der Waals surface area contributed by atoms with E-state index in [1.54, 1.807) is 12.1 Å². The Morgan fingerprint density at radius 3 is 2.35 bits per heavy atom. The number of aromatic hydroxyl groups is 1. The molecule has 11 heteroatoms. The summed E-state index contributed by atoms with van der Waals surface area (Å²) in [4.78, 5) is 0. The van der Waals surface area contributed by atoms with Gasteiger partial charge in [-0.1, -0.05) is 12.1 Å². The molecule has 2 aliphatic rings. The third-order valence-corrected chi connectivity index (χ3v) is 6.82. The number of rotatable bonds is 10. The van der Waals surface area contributed by atoms with E-state index in [9.17, 15) is 30.6 Å². The van der Waals surface area contributed by atoms with Crippen LogP contribution in [0.1, 0.15) is 35.1 Å². The van der Waals surface area contributed by atoms with Gasteiger partial charge >= 0.3 is 0 Å². The number of methoxy groups -OCH3 is 2. The van der Waals surface area contributed by atoms with Crippen LogP contribution in [0.2, 0.25) is 0 Å². The molecule has 0 saturated carbocycles. The number of aliphatic hydroxyl groups excluding tert-OH is 5. The lowest BCUT2D eigenvalue weighted by Gasteiger charge is -2.40. The zero-order valence-corrected chi connectivity index (χ0v) is 20.7. The molecule has 0 aliphatic carbocycles.